The summed E-state index contributed by atoms with van der Waals surface area (Å²) < 4.78 is 4.87. The quantitative estimate of drug-likeness (QED) is 0.621. The fourth-order valence-electron chi connectivity index (χ4n) is 2.06. The van der Waals surface area contributed by atoms with Gasteiger partial charge >= 0.3 is 5.97 Å². The van der Waals surface area contributed by atoms with Gasteiger partial charge in [-0.05, 0) is 38.8 Å². The molecule has 0 saturated heterocycles. The van der Waals surface area contributed by atoms with Gasteiger partial charge in [0.25, 0.3) is 0 Å². The van der Waals surface area contributed by atoms with Gasteiger partial charge in [-0.15, -0.1) is 0 Å². The molecule has 0 heterocycles. The zero-order valence-corrected chi connectivity index (χ0v) is 11.4. The molecule has 4 heteroatoms. The van der Waals surface area contributed by atoms with Gasteiger partial charge in [0.2, 0.25) is 0 Å². The number of hydrogen-bond donors (Lipinski definition) is 1. The van der Waals surface area contributed by atoms with Gasteiger partial charge < -0.3 is 15.0 Å². The summed E-state index contributed by atoms with van der Waals surface area (Å²) in [5.41, 5.74) is 0. The highest BCUT2D eigenvalue weighted by Gasteiger charge is 2.29. The van der Waals surface area contributed by atoms with Crippen LogP contribution < -0.4 is 5.32 Å². The molecule has 1 rings (SSSR count). The first kappa shape index (κ1) is 14.5. The summed E-state index contributed by atoms with van der Waals surface area (Å²) in [7, 11) is 1.47. The molecule has 1 N–H and O–H groups in total. The molecule has 1 saturated carbocycles. The van der Waals surface area contributed by atoms with Crippen molar-refractivity contribution in [3.63, 3.8) is 0 Å². The lowest BCUT2D eigenvalue weighted by atomic mass is 10.2. The van der Waals surface area contributed by atoms with Crippen LogP contribution in [0.1, 0.15) is 39.5 Å². The molecule has 0 aromatic rings. The summed E-state index contributed by atoms with van der Waals surface area (Å²) in [5.74, 6) is -0.130. The van der Waals surface area contributed by atoms with E-state index >= 15 is 0 Å². The Kier molecular flexibility index (Phi) is 6.52. The Bertz CT molecular complexity index is 223. The summed E-state index contributed by atoms with van der Waals surface area (Å²) in [6.45, 7) is 7.21. The Morgan fingerprint density at radius 1 is 1.35 bits per heavy atom. The van der Waals surface area contributed by atoms with Crippen molar-refractivity contribution in [1.82, 2.24) is 10.2 Å². The molecular formula is C13H26N2O2. The molecule has 1 fully saturated rings. The maximum Gasteiger partial charge on any atom is 0.324 e. The third kappa shape index (κ3) is 5.50. The van der Waals surface area contributed by atoms with Gasteiger partial charge in [0.05, 0.1) is 7.11 Å². The number of esters is 1. The Hall–Kier alpha value is -0.610. The number of rotatable bonds is 9. The number of ether oxygens (including phenoxy) is 1. The summed E-state index contributed by atoms with van der Waals surface area (Å²) >= 11 is 0. The first-order chi connectivity index (χ1) is 8.21. The zero-order valence-electron chi connectivity index (χ0n) is 11.4. The van der Waals surface area contributed by atoms with E-state index in [2.05, 4.69) is 24.1 Å². The highest BCUT2D eigenvalue weighted by Crippen LogP contribution is 2.19. The highest BCUT2D eigenvalue weighted by atomic mass is 16.5. The van der Waals surface area contributed by atoms with Crippen LogP contribution in [0.15, 0.2) is 0 Å². The number of nitrogens with zero attached hydrogens (tertiary/aromatic N) is 1. The van der Waals surface area contributed by atoms with E-state index in [0.29, 0.717) is 6.04 Å². The van der Waals surface area contributed by atoms with Crippen molar-refractivity contribution in [3.05, 3.63) is 0 Å². The van der Waals surface area contributed by atoms with Gasteiger partial charge in [0, 0.05) is 12.6 Å². The van der Waals surface area contributed by atoms with E-state index in [4.69, 9.17) is 4.74 Å². The zero-order chi connectivity index (χ0) is 12.7. The van der Waals surface area contributed by atoms with Crippen molar-refractivity contribution in [2.24, 2.45) is 0 Å². The molecule has 0 amide bonds. The minimum atomic E-state index is -0.161. The van der Waals surface area contributed by atoms with Crippen molar-refractivity contribution in [1.29, 1.82) is 0 Å². The van der Waals surface area contributed by atoms with Crippen molar-refractivity contribution in [2.75, 3.05) is 26.7 Å². The molecule has 1 aliphatic rings. The lowest BCUT2D eigenvalue weighted by Crippen LogP contribution is -2.48. The largest absolute Gasteiger partial charge is 0.468 e. The van der Waals surface area contributed by atoms with E-state index in [1.54, 1.807) is 0 Å². The fourth-order valence-corrected chi connectivity index (χ4v) is 2.06. The van der Waals surface area contributed by atoms with Crippen LogP contribution >= 0.6 is 0 Å². The lowest BCUT2D eigenvalue weighted by Gasteiger charge is -2.26. The molecule has 1 atom stereocenters. The van der Waals surface area contributed by atoms with E-state index in [1.165, 1.54) is 20.0 Å². The van der Waals surface area contributed by atoms with Gasteiger partial charge in [-0.3, -0.25) is 4.79 Å². The first-order valence-corrected chi connectivity index (χ1v) is 6.77. The summed E-state index contributed by atoms with van der Waals surface area (Å²) in [6.07, 6.45) is 4.62. The van der Waals surface area contributed by atoms with E-state index in [1.807, 2.05) is 0 Å². The van der Waals surface area contributed by atoms with Gasteiger partial charge in [0.15, 0.2) is 0 Å². The van der Waals surface area contributed by atoms with Gasteiger partial charge in [0.1, 0.15) is 6.04 Å². The van der Waals surface area contributed by atoms with Gasteiger partial charge in [-0.1, -0.05) is 13.8 Å². The first-order valence-electron chi connectivity index (χ1n) is 6.77. The predicted octanol–water partition coefficient (Wildman–Crippen LogP) is 1.40. The van der Waals surface area contributed by atoms with Crippen molar-refractivity contribution >= 4 is 5.97 Å². The predicted molar refractivity (Wildman–Crippen MR) is 69.0 cm³/mol. The highest BCUT2D eigenvalue weighted by molar-refractivity contribution is 5.76. The minimum Gasteiger partial charge on any atom is -0.468 e. The molecular weight excluding hydrogens is 216 g/mol. The Morgan fingerprint density at radius 3 is 2.35 bits per heavy atom. The second-order valence-electron chi connectivity index (χ2n) is 4.82. The molecule has 0 radical (unpaired) electrons. The minimum absolute atomic E-state index is 0.130. The molecule has 0 aliphatic heterocycles. The summed E-state index contributed by atoms with van der Waals surface area (Å²) in [4.78, 5) is 14.1. The van der Waals surface area contributed by atoms with Crippen LogP contribution in [0.3, 0.4) is 0 Å². The normalized spacial score (nSPS) is 17.2. The maximum absolute atomic E-state index is 11.7. The molecule has 100 valence electrons. The average molecular weight is 242 g/mol. The summed E-state index contributed by atoms with van der Waals surface area (Å²) in [6, 6.07) is 0.370. The molecule has 0 bridgehead atoms. The summed E-state index contributed by atoms with van der Waals surface area (Å²) in [5, 5.41) is 3.37. The average Bonchev–Trinajstić information content (AvgIpc) is 3.11. The van der Waals surface area contributed by atoms with Crippen LogP contribution in [0.5, 0.6) is 0 Å². The number of hydrogen-bond acceptors (Lipinski definition) is 4. The van der Waals surface area contributed by atoms with Crippen molar-refractivity contribution < 1.29 is 9.53 Å². The number of nitrogens with one attached hydrogen (secondary N) is 1. The Balaban J connectivity index is 2.45. The third-order valence-electron chi connectivity index (χ3n) is 3.02. The monoisotopic (exact) mass is 242 g/mol. The van der Waals surface area contributed by atoms with Gasteiger partial charge in [-0.25, -0.2) is 0 Å². The van der Waals surface area contributed by atoms with Crippen molar-refractivity contribution in [2.45, 2.75) is 51.6 Å². The van der Waals surface area contributed by atoms with Crippen LogP contribution in [0, 0.1) is 0 Å². The molecule has 0 aromatic carbocycles. The SMILES string of the molecule is CCCN(CCC)CC(NC1CC1)C(=O)OC. The van der Waals surface area contributed by atoms with E-state index in [-0.39, 0.29) is 12.0 Å². The van der Waals surface area contributed by atoms with Crippen LogP contribution in [-0.2, 0) is 9.53 Å². The number of carbonyl (C=O) groups is 1. The number of carbonyl (C=O) groups excluding carboxylic acids is 1. The molecule has 4 nitrogen and oxygen atoms in total. The second-order valence-corrected chi connectivity index (χ2v) is 4.82. The van der Waals surface area contributed by atoms with Gasteiger partial charge in [-0.2, -0.15) is 0 Å². The Morgan fingerprint density at radius 2 is 1.94 bits per heavy atom. The third-order valence-corrected chi connectivity index (χ3v) is 3.02. The molecule has 17 heavy (non-hydrogen) atoms. The second kappa shape index (κ2) is 7.67. The van der Waals surface area contributed by atoms with Crippen LogP contribution in [-0.4, -0.2) is 49.7 Å². The number of methoxy groups -OCH3 is 1. The van der Waals surface area contributed by atoms with E-state index < -0.39 is 0 Å². The molecule has 0 aromatic heterocycles. The molecule has 1 unspecified atom stereocenters. The van der Waals surface area contributed by atoms with E-state index in [9.17, 15) is 4.79 Å². The lowest BCUT2D eigenvalue weighted by molar-refractivity contribution is -0.143. The smallest absolute Gasteiger partial charge is 0.324 e. The van der Waals surface area contributed by atoms with E-state index in [0.717, 1.165) is 32.5 Å². The van der Waals surface area contributed by atoms with Crippen LogP contribution in [0.2, 0.25) is 0 Å². The Labute approximate surface area is 105 Å². The molecule has 1 aliphatic carbocycles. The standard InChI is InChI=1S/C13H26N2O2/c1-4-8-15(9-5-2)10-12(13(16)17-3)14-11-6-7-11/h11-12,14H,4-10H2,1-3H3. The topological polar surface area (TPSA) is 41.6 Å². The fraction of sp³-hybridized carbons (Fsp3) is 0.923. The van der Waals surface area contributed by atoms with Crippen molar-refractivity contribution in [3.8, 4) is 0 Å². The molecule has 0 spiro atoms. The van der Waals surface area contributed by atoms with Crippen LogP contribution in [0.25, 0.3) is 0 Å². The van der Waals surface area contributed by atoms with Crippen LogP contribution in [0.4, 0.5) is 0 Å². The maximum atomic E-state index is 11.7.